The number of nitro benzene ring substituents is 1. The van der Waals surface area contributed by atoms with Crippen LogP contribution >= 0.6 is 27.5 Å². The number of carbonyl (C=O) groups excluding carboxylic acids is 2. The number of sulfonamides is 1. The number of nitro groups is 1. The summed E-state index contributed by atoms with van der Waals surface area (Å²) in [6, 6.07) is 13.8. The first-order valence-electron chi connectivity index (χ1n) is 12.2. The Bertz CT molecular complexity index is 1570. The molecule has 1 unspecified atom stereocenters. The summed E-state index contributed by atoms with van der Waals surface area (Å²) in [5, 5.41) is 14.2. The second kappa shape index (κ2) is 13.3. The van der Waals surface area contributed by atoms with Gasteiger partial charge in [0, 0.05) is 34.7 Å². The van der Waals surface area contributed by atoms with Crippen LogP contribution in [0.25, 0.3) is 0 Å². The third-order valence-corrected chi connectivity index (χ3v) is 8.85. The van der Waals surface area contributed by atoms with Crippen molar-refractivity contribution in [1.29, 1.82) is 0 Å². The van der Waals surface area contributed by atoms with Gasteiger partial charge in [0.2, 0.25) is 11.8 Å². The summed E-state index contributed by atoms with van der Waals surface area (Å²) in [6.45, 7) is 2.24. The summed E-state index contributed by atoms with van der Waals surface area (Å²) in [7, 11) is -1.85. The van der Waals surface area contributed by atoms with Crippen LogP contribution in [0.4, 0.5) is 11.4 Å². The molecule has 0 spiro atoms. The number of halogens is 2. The molecule has 3 aromatic rings. The second-order valence-electron chi connectivity index (χ2n) is 8.97. The molecular weight excluding hydrogens is 640 g/mol. The number of rotatable bonds is 11. The molecule has 0 heterocycles. The largest absolute Gasteiger partial charge is 0.495 e. The minimum atomic E-state index is -4.60. The smallest absolute Gasteiger partial charge is 0.273 e. The number of amides is 2. The van der Waals surface area contributed by atoms with E-state index >= 15 is 0 Å². The number of aryl methyl sites for hydroxylation is 1. The highest BCUT2D eigenvalue weighted by molar-refractivity contribution is 9.10. The zero-order chi connectivity index (χ0) is 30.5. The second-order valence-corrected chi connectivity index (χ2v) is 12.2. The van der Waals surface area contributed by atoms with Gasteiger partial charge in [-0.05, 0) is 55.8 Å². The molecule has 0 aliphatic rings. The molecule has 1 atom stereocenters. The fourth-order valence-corrected chi connectivity index (χ4v) is 5.89. The Morgan fingerprint density at radius 2 is 1.78 bits per heavy atom. The monoisotopic (exact) mass is 666 g/mol. The summed E-state index contributed by atoms with van der Waals surface area (Å²) < 4.78 is 35.1. The molecule has 0 aromatic heterocycles. The van der Waals surface area contributed by atoms with Gasteiger partial charge in [-0.1, -0.05) is 45.7 Å². The van der Waals surface area contributed by atoms with Crippen molar-refractivity contribution in [3.8, 4) is 5.75 Å². The van der Waals surface area contributed by atoms with Crippen LogP contribution in [0.15, 0.2) is 70.0 Å². The molecular formula is C27H28BrClN4O7S. The molecule has 1 N–H and O–H groups in total. The minimum absolute atomic E-state index is 0.00271. The lowest BCUT2D eigenvalue weighted by Crippen LogP contribution is -2.50. The quantitative estimate of drug-likeness (QED) is 0.231. The molecule has 14 heteroatoms. The highest BCUT2D eigenvalue weighted by atomic mass is 79.9. The fourth-order valence-electron chi connectivity index (χ4n) is 4.02. The number of anilines is 1. The number of hydrogen-bond acceptors (Lipinski definition) is 7. The summed E-state index contributed by atoms with van der Waals surface area (Å²) >= 11 is 9.57. The Morgan fingerprint density at radius 1 is 1.12 bits per heavy atom. The lowest BCUT2D eigenvalue weighted by atomic mass is 10.1. The van der Waals surface area contributed by atoms with Gasteiger partial charge in [0.15, 0.2) is 0 Å². The highest BCUT2D eigenvalue weighted by Gasteiger charge is 2.34. The molecule has 0 radical (unpaired) electrons. The Kier molecular flexibility index (Phi) is 10.3. The topological polar surface area (TPSA) is 139 Å². The summed E-state index contributed by atoms with van der Waals surface area (Å²) in [6.07, 6.45) is 0. The van der Waals surface area contributed by atoms with E-state index in [1.165, 1.54) is 63.2 Å². The Hall–Kier alpha value is -3.68. The van der Waals surface area contributed by atoms with Crippen LogP contribution in [-0.2, 0) is 26.2 Å². The van der Waals surface area contributed by atoms with E-state index in [4.69, 9.17) is 16.3 Å². The molecule has 11 nitrogen and oxygen atoms in total. The third-order valence-electron chi connectivity index (χ3n) is 6.33. The number of benzene rings is 3. The number of nitrogens with zero attached hydrogens (tertiary/aromatic N) is 3. The zero-order valence-electron chi connectivity index (χ0n) is 22.6. The fraction of sp³-hybridized carbons (Fsp3) is 0.259. The van der Waals surface area contributed by atoms with Gasteiger partial charge in [-0.2, -0.15) is 0 Å². The highest BCUT2D eigenvalue weighted by Crippen LogP contribution is 2.36. The average molecular weight is 668 g/mol. The summed E-state index contributed by atoms with van der Waals surface area (Å²) in [4.78, 5) is 38.2. The van der Waals surface area contributed by atoms with Gasteiger partial charge in [0.05, 0.1) is 22.6 Å². The molecule has 0 saturated heterocycles. The van der Waals surface area contributed by atoms with Crippen LogP contribution in [0.5, 0.6) is 5.75 Å². The molecule has 0 aliphatic heterocycles. The van der Waals surface area contributed by atoms with E-state index in [0.29, 0.717) is 5.56 Å². The number of likely N-dealkylation sites (N-methyl/N-ethyl adjacent to an activating group) is 1. The van der Waals surface area contributed by atoms with E-state index in [-0.39, 0.29) is 28.6 Å². The predicted octanol–water partition coefficient (Wildman–Crippen LogP) is 4.69. The number of ether oxygens (including phenoxy) is 1. The molecule has 3 rings (SSSR count). The van der Waals surface area contributed by atoms with Crippen molar-refractivity contribution >= 4 is 60.7 Å². The number of methoxy groups -OCH3 is 1. The predicted molar refractivity (Wildman–Crippen MR) is 159 cm³/mol. The molecule has 218 valence electrons. The van der Waals surface area contributed by atoms with Crippen LogP contribution in [0.3, 0.4) is 0 Å². The van der Waals surface area contributed by atoms with Crippen LogP contribution in [0.1, 0.15) is 18.1 Å². The van der Waals surface area contributed by atoms with E-state index in [1.54, 1.807) is 24.3 Å². The van der Waals surface area contributed by atoms with E-state index in [2.05, 4.69) is 21.2 Å². The van der Waals surface area contributed by atoms with Crippen LogP contribution in [-0.4, -0.2) is 56.8 Å². The van der Waals surface area contributed by atoms with Crippen molar-refractivity contribution in [2.75, 3.05) is 25.0 Å². The van der Waals surface area contributed by atoms with E-state index in [1.807, 2.05) is 0 Å². The number of hydrogen-bond donors (Lipinski definition) is 1. The molecule has 0 fully saturated rings. The van der Waals surface area contributed by atoms with Crippen molar-refractivity contribution in [3.05, 3.63) is 91.4 Å². The van der Waals surface area contributed by atoms with Gasteiger partial charge in [-0.25, -0.2) is 8.42 Å². The normalized spacial score (nSPS) is 11.9. The maximum atomic E-state index is 14.1. The van der Waals surface area contributed by atoms with Crippen molar-refractivity contribution in [2.45, 2.75) is 31.3 Å². The molecule has 0 aliphatic carbocycles. The molecule has 2 amide bonds. The zero-order valence-corrected chi connectivity index (χ0v) is 25.8. The Labute approximate surface area is 251 Å². The van der Waals surface area contributed by atoms with Gasteiger partial charge in [-0.15, -0.1) is 0 Å². The average Bonchev–Trinajstić information content (AvgIpc) is 2.94. The third kappa shape index (κ3) is 7.34. The maximum absolute atomic E-state index is 14.1. The first-order chi connectivity index (χ1) is 19.3. The maximum Gasteiger partial charge on any atom is 0.273 e. The van der Waals surface area contributed by atoms with Crippen LogP contribution in [0.2, 0.25) is 5.02 Å². The standard InChI is InChI=1S/C27H28BrClN4O7S/c1-17-5-11-22(14-23(17)33(36)37)41(38,39)32(24-13-21(29)10-12-25(24)40-4)16-26(34)31(18(2)27(35)30-3)15-19-6-8-20(28)9-7-19/h5-14,18H,15-16H2,1-4H3,(H,30,35). The molecule has 41 heavy (non-hydrogen) atoms. The van der Waals surface area contributed by atoms with Crippen LogP contribution < -0.4 is 14.4 Å². The SMILES string of the molecule is CNC(=O)C(C)N(Cc1ccc(Br)cc1)C(=O)CN(c1cc(Cl)ccc1OC)S(=O)(=O)c1ccc(C)c([N+](=O)[O-])c1. The number of nitrogens with one attached hydrogen (secondary N) is 1. The first kappa shape index (κ1) is 31.8. The van der Waals surface area contributed by atoms with Crippen molar-refractivity contribution < 1.29 is 27.7 Å². The van der Waals surface area contributed by atoms with Crippen LogP contribution in [0, 0.1) is 17.0 Å². The van der Waals surface area contributed by atoms with E-state index in [9.17, 15) is 28.1 Å². The Morgan fingerprint density at radius 3 is 2.37 bits per heavy atom. The lowest BCUT2D eigenvalue weighted by molar-refractivity contribution is -0.385. The Balaban J connectivity index is 2.16. The van der Waals surface area contributed by atoms with Crippen molar-refractivity contribution in [2.24, 2.45) is 0 Å². The first-order valence-corrected chi connectivity index (χ1v) is 14.8. The van der Waals surface area contributed by atoms with Gasteiger partial charge >= 0.3 is 0 Å². The lowest BCUT2D eigenvalue weighted by Gasteiger charge is -2.32. The molecule has 0 bridgehead atoms. The van der Waals surface area contributed by atoms with Crippen molar-refractivity contribution in [3.63, 3.8) is 0 Å². The van der Waals surface area contributed by atoms with E-state index in [0.717, 1.165) is 14.8 Å². The van der Waals surface area contributed by atoms with E-state index < -0.39 is 49.9 Å². The summed E-state index contributed by atoms with van der Waals surface area (Å²) in [5.41, 5.74) is 0.492. The molecule has 3 aromatic carbocycles. The van der Waals surface area contributed by atoms with Gasteiger partial charge in [-0.3, -0.25) is 24.0 Å². The minimum Gasteiger partial charge on any atom is -0.495 e. The van der Waals surface area contributed by atoms with Gasteiger partial charge in [0.1, 0.15) is 18.3 Å². The van der Waals surface area contributed by atoms with Crippen molar-refractivity contribution in [1.82, 2.24) is 10.2 Å². The number of carbonyl (C=O) groups is 2. The van der Waals surface area contributed by atoms with Gasteiger partial charge in [0.25, 0.3) is 15.7 Å². The summed E-state index contributed by atoms with van der Waals surface area (Å²) in [5.74, 6) is -1.08. The molecule has 0 saturated carbocycles. The van der Waals surface area contributed by atoms with Gasteiger partial charge < -0.3 is 15.0 Å².